The molecule has 3 nitrogen and oxygen atoms in total. The van der Waals surface area contributed by atoms with Gasteiger partial charge in [0.2, 0.25) is 0 Å². The number of rotatable bonds is 2. The van der Waals surface area contributed by atoms with Crippen molar-refractivity contribution in [1.82, 2.24) is 4.98 Å². The predicted octanol–water partition coefficient (Wildman–Crippen LogP) is 3.93. The fourth-order valence-electron chi connectivity index (χ4n) is 1.26. The summed E-state index contributed by atoms with van der Waals surface area (Å²) < 4.78 is 1.93. The van der Waals surface area contributed by atoms with E-state index in [-0.39, 0.29) is 0 Å². The molecule has 82 valence electrons. The first-order chi connectivity index (χ1) is 7.66. The molecule has 2 rings (SSSR count). The number of anilines is 3. The van der Waals surface area contributed by atoms with E-state index in [4.69, 9.17) is 5.73 Å². The average molecular weight is 343 g/mol. The van der Waals surface area contributed by atoms with Crippen molar-refractivity contribution >= 4 is 49.1 Å². The topological polar surface area (TPSA) is 50.9 Å². The van der Waals surface area contributed by atoms with E-state index >= 15 is 0 Å². The van der Waals surface area contributed by atoms with Crippen LogP contribution in [0.2, 0.25) is 0 Å². The standard InChI is InChI=1S/C11H9Br2N3/c12-8-2-1-3-9(13)11(8)16-10-6-7(14)4-5-15-10/h1-6H,(H3,14,15,16). The zero-order valence-electron chi connectivity index (χ0n) is 8.24. The lowest BCUT2D eigenvalue weighted by atomic mass is 10.3. The number of benzene rings is 1. The van der Waals surface area contributed by atoms with Crippen LogP contribution in [0.3, 0.4) is 0 Å². The fraction of sp³-hybridized carbons (Fsp3) is 0. The molecule has 0 aliphatic rings. The summed E-state index contributed by atoms with van der Waals surface area (Å²) in [6.07, 6.45) is 1.67. The van der Waals surface area contributed by atoms with Crippen LogP contribution < -0.4 is 11.1 Å². The van der Waals surface area contributed by atoms with E-state index in [1.807, 2.05) is 18.2 Å². The Kier molecular flexibility index (Phi) is 3.46. The Morgan fingerprint density at radius 1 is 1.12 bits per heavy atom. The van der Waals surface area contributed by atoms with E-state index in [2.05, 4.69) is 42.2 Å². The maximum Gasteiger partial charge on any atom is 0.132 e. The second kappa shape index (κ2) is 4.84. The molecule has 0 saturated heterocycles. The van der Waals surface area contributed by atoms with Gasteiger partial charge in [-0.15, -0.1) is 0 Å². The van der Waals surface area contributed by atoms with E-state index < -0.39 is 0 Å². The van der Waals surface area contributed by atoms with Gasteiger partial charge in [0.1, 0.15) is 5.82 Å². The van der Waals surface area contributed by atoms with Crippen LogP contribution in [-0.4, -0.2) is 4.98 Å². The molecule has 0 aliphatic carbocycles. The molecule has 0 atom stereocenters. The molecule has 1 aromatic heterocycles. The molecule has 5 heteroatoms. The van der Waals surface area contributed by atoms with Gasteiger partial charge >= 0.3 is 0 Å². The van der Waals surface area contributed by atoms with Crippen LogP contribution in [0.1, 0.15) is 0 Å². The van der Waals surface area contributed by atoms with Crippen molar-refractivity contribution in [3.63, 3.8) is 0 Å². The maximum absolute atomic E-state index is 5.68. The third-order valence-electron chi connectivity index (χ3n) is 2.00. The number of aromatic nitrogens is 1. The van der Waals surface area contributed by atoms with Crippen LogP contribution in [0.15, 0.2) is 45.5 Å². The number of nitrogen functional groups attached to an aromatic ring is 1. The molecule has 16 heavy (non-hydrogen) atoms. The van der Waals surface area contributed by atoms with E-state index in [1.165, 1.54) is 0 Å². The maximum atomic E-state index is 5.68. The number of nitrogens with two attached hydrogens (primary N) is 1. The van der Waals surface area contributed by atoms with E-state index in [0.29, 0.717) is 11.5 Å². The van der Waals surface area contributed by atoms with Gasteiger partial charge in [0, 0.05) is 26.9 Å². The monoisotopic (exact) mass is 341 g/mol. The predicted molar refractivity (Wildman–Crippen MR) is 73.8 cm³/mol. The van der Waals surface area contributed by atoms with Crippen molar-refractivity contribution in [2.75, 3.05) is 11.1 Å². The minimum absolute atomic E-state index is 0.681. The Morgan fingerprint density at radius 2 is 1.81 bits per heavy atom. The smallest absolute Gasteiger partial charge is 0.132 e. The summed E-state index contributed by atoms with van der Waals surface area (Å²) in [5.41, 5.74) is 7.30. The molecule has 1 aromatic carbocycles. The molecule has 0 aliphatic heterocycles. The molecule has 0 bridgehead atoms. The zero-order valence-corrected chi connectivity index (χ0v) is 11.4. The summed E-state index contributed by atoms with van der Waals surface area (Å²) in [5.74, 6) is 0.715. The Morgan fingerprint density at radius 3 is 2.44 bits per heavy atom. The molecule has 3 N–H and O–H groups in total. The normalized spacial score (nSPS) is 10.1. The SMILES string of the molecule is Nc1ccnc(Nc2c(Br)cccc2Br)c1. The Bertz CT molecular complexity index is 494. The van der Waals surface area contributed by atoms with Crippen LogP contribution in [0.4, 0.5) is 17.2 Å². The van der Waals surface area contributed by atoms with Crippen molar-refractivity contribution in [2.24, 2.45) is 0 Å². The summed E-state index contributed by atoms with van der Waals surface area (Å²) in [4.78, 5) is 4.18. The van der Waals surface area contributed by atoms with Gasteiger partial charge in [0.05, 0.1) is 5.69 Å². The molecule has 2 aromatic rings. The summed E-state index contributed by atoms with van der Waals surface area (Å²) >= 11 is 6.94. The third kappa shape index (κ3) is 2.54. The summed E-state index contributed by atoms with van der Waals surface area (Å²) in [6, 6.07) is 9.40. The second-order valence-corrected chi connectivity index (χ2v) is 4.90. The van der Waals surface area contributed by atoms with Crippen molar-refractivity contribution in [3.05, 3.63) is 45.5 Å². The summed E-state index contributed by atoms with van der Waals surface area (Å²) in [7, 11) is 0. The lowest BCUT2D eigenvalue weighted by molar-refractivity contribution is 1.30. The van der Waals surface area contributed by atoms with E-state index in [9.17, 15) is 0 Å². The lowest BCUT2D eigenvalue weighted by Crippen LogP contribution is -1.96. The van der Waals surface area contributed by atoms with Crippen molar-refractivity contribution in [2.45, 2.75) is 0 Å². The highest BCUT2D eigenvalue weighted by Gasteiger charge is 2.05. The summed E-state index contributed by atoms with van der Waals surface area (Å²) in [6.45, 7) is 0. The molecule has 0 amide bonds. The second-order valence-electron chi connectivity index (χ2n) is 3.20. The highest BCUT2D eigenvalue weighted by molar-refractivity contribution is 9.11. The average Bonchev–Trinajstić information content (AvgIpc) is 2.24. The third-order valence-corrected chi connectivity index (χ3v) is 3.32. The molecule has 0 spiro atoms. The zero-order chi connectivity index (χ0) is 11.5. The van der Waals surface area contributed by atoms with Crippen LogP contribution in [0, 0.1) is 0 Å². The molecular formula is C11H9Br2N3. The first-order valence-corrected chi connectivity index (χ1v) is 6.18. The summed E-state index contributed by atoms with van der Waals surface area (Å²) in [5, 5.41) is 3.20. The number of pyridine rings is 1. The number of hydrogen-bond donors (Lipinski definition) is 2. The van der Waals surface area contributed by atoms with Gasteiger partial charge in [-0.3, -0.25) is 0 Å². The lowest BCUT2D eigenvalue weighted by Gasteiger charge is -2.10. The van der Waals surface area contributed by atoms with Crippen molar-refractivity contribution < 1.29 is 0 Å². The Labute approximate surface area is 110 Å². The molecule has 0 fully saturated rings. The minimum atomic E-state index is 0.681. The molecule has 0 unspecified atom stereocenters. The molecule has 0 saturated carbocycles. The highest BCUT2D eigenvalue weighted by atomic mass is 79.9. The largest absolute Gasteiger partial charge is 0.399 e. The number of hydrogen-bond acceptors (Lipinski definition) is 3. The van der Waals surface area contributed by atoms with Crippen molar-refractivity contribution in [1.29, 1.82) is 0 Å². The molecule has 0 radical (unpaired) electrons. The van der Waals surface area contributed by atoms with E-state index in [0.717, 1.165) is 14.6 Å². The molecular weight excluding hydrogens is 334 g/mol. The van der Waals surface area contributed by atoms with Crippen LogP contribution in [-0.2, 0) is 0 Å². The quantitative estimate of drug-likeness (QED) is 0.869. The number of halogens is 2. The van der Waals surface area contributed by atoms with Gasteiger partial charge in [0.25, 0.3) is 0 Å². The first-order valence-electron chi connectivity index (χ1n) is 4.59. The van der Waals surface area contributed by atoms with Gasteiger partial charge in [0.15, 0.2) is 0 Å². The highest BCUT2D eigenvalue weighted by Crippen LogP contribution is 2.32. The first kappa shape index (κ1) is 11.4. The number of nitrogens with zero attached hydrogens (tertiary/aromatic N) is 1. The number of nitrogens with one attached hydrogen (secondary N) is 1. The van der Waals surface area contributed by atoms with Gasteiger partial charge in [-0.1, -0.05) is 6.07 Å². The van der Waals surface area contributed by atoms with E-state index in [1.54, 1.807) is 18.3 Å². The Balaban J connectivity index is 2.34. The van der Waals surface area contributed by atoms with Crippen LogP contribution in [0.25, 0.3) is 0 Å². The van der Waals surface area contributed by atoms with Gasteiger partial charge < -0.3 is 11.1 Å². The van der Waals surface area contributed by atoms with Crippen LogP contribution in [0.5, 0.6) is 0 Å². The van der Waals surface area contributed by atoms with Gasteiger partial charge in [-0.05, 0) is 50.1 Å². The Hall–Kier alpha value is -1.07. The van der Waals surface area contributed by atoms with Crippen LogP contribution >= 0.6 is 31.9 Å². The van der Waals surface area contributed by atoms with Gasteiger partial charge in [-0.2, -0.15) is 0 Å². The fourth-order valence-corrected chi connectivity index (χ4v) is 2.46. The van der Waals surface area contributed by atoms with Crippen molar-refractivity contribution in [3.8, 4) is 0 Å². The van der Waals surface area contributed by atoms with Gasteiger partial charge in [-0.25, -0.2) is 4.98 Å². The number of para-hydroxylation sites is 1. The molecule has 1 heterocycles. The minimum Gasteiger partial charge on any atom is -0.399 e.